The number of aryl methyl sites for hydroxylation is 1. The zero-order valence-corrected chi connectivity index (χ0v) is 29.9. The molecule has 0 radical (unpaired) electrons. The number of hydrogen-bond donors (Lipinski definition) is 2. The number of nitrogens with one attached hydrogen (secondary N) is 1. The summed E-state index contributed by atoms with van der Waals surface area (Å²) in [4.78, 5) is 56.0. The molecule has 8 unspecified atom stereocenters. The number of epoxide rings is 1. The first-order chi connectivity index (χ1) is 22.5. The summed E-state index contributed by atoms with van der Waals surface area (Å²) in [6.07, 6.45) is 1.82. The second kappa shape index (κ2) is 14.6. The van der Waals surface area contributed by atoms with E-state index in [1.165, 1.54) is 30.9 Å². The predicted molar refractivity (Wildman–Crippen MR) is 179 cm³/mol. The molecule has 0 aliphatic carbocycles. The van der Waals surface area contributed by atoms with Gasteiger partial charge in [0.2, 0.25) is 12.0 Å². The molecule has 1 aromatic carbocycles. The van der Waals surface area contributed by atoms with Crippen LogP contribution in [0.15, 0.2) is 35.9 Å². The molecule has 3 aliphatic heterocycles. The molecule has 2 fully saturated rings. The molecule has 12 nitrogen and oxygen atoms in total. The van der Waals surface area contributed by atoms with E-state index in [-0.39, 0.29) is 18.7 Å². The lowest BCUT2D eigenvalue weighted by atomic mass is 9.84. The fraction of sp³-hybridized carbons (Fsp3) is 0.600. The predicted octanol–water partition coefficient (Wildman–Crippen LogP) is 4.22. The number of hydrogen-bond acceptors (Lipinski definition) is 9. The second-order valence-corrected chi connectivity index (χ2v) is 13.8. The van der Waals surface area contributed by atoms with Crippen molar-refractivity contribution in [1.82, 2.24) is 10.2 Å². The van der Waals surface area contributed by atoms with E-state index in [4.69, 9.17) is 30.5 Å². The number of likely N-dealkylation sites (N-methyl/N-ethyl adjacent to an activating group) is 2. The van der Waals surface area contributed by atoms with Gasteiger partial charge in [-0.3, -0.25) is 14.9 Å². The van der Waals surface area contributed by atoms with Crippen molar-refractivity contribution in [2.24, 2.45) is 5.92 Å². The zero-order valence-electron chi connectivity index (χ0n) is 29.2. The fourth-order valence-corrected chi connectivity index (χ4v) is 6.73. The van der Waals surface area contributed by atoms with E-state index in [1.807, 2.05) is 39.0 Å². The van der Waals surface area contributed by atoms with Crippen molar-refractivity contribution in [2.45, 2.75) is 109 Å². The van der Waals surface area contributed by atoms with Crippen LogP contribution in [0.1, 0.15) is 65.0 Å². The monoisotopic (exact) mass is 689 g/mol. The quantitative estimate of drug-likeness (QED) is 0.331. The number of halogens is 1. The molecular weight excluding hydrogens is 642 g/mol. The smallest absolute Gasteiger partial charge is 0.409 e. The number of fused-ring (bicyclic) bond motifs is 5. The Morgan fingerprint density at radius 1 is 1.27 bits per heavy atom. The molecule has 264 valence electrons. The molecule has 0 saturated carbocycles. The van der Waals surface area contributed by atoms with Gasteiger partial charge in [-0.2, -0.15) is 0 Å². The summed E-state index contributed by atoms with van der Waals surface area (Å²) < 4.78 is 23.4. The summed E-state index contributed by atoms with van der Waals surface area (Å²) in [5, 5.41) is 14.5. The number of carbonyl (C=O) groups excluding carboxylic acids is 4. The lowest BCUT2D eigenvalue weighted by Gasteiger charge is -2.42. The number of benzene rings is 1. The van der Waals surface area contributed by atoms with Gasteiger partial charge in [0.25, 0.3) is 5.91 Å². The van der Waals surface area contributed by atoms with E-state index >= 15 is 0 Å². The van der Waals surface area contributed by atoms with Crippen LogP contribution >= 0.6 is 11.6 Å². The first-order valence-electron chi connectivity index (χ1n) is 16.3. The number of anilines is 1. The number of allylic oxidation sites excluding steroid dienone is 3. The highest BCUT2D eigenvalue weighted by molar-refractivity contribution is 6.34. The van der Waals surface area contributed by atoms with Gasteiger partial charge in [-0.15, -0.1) is 0 Å². The molecule has 2 N–H and O–H groups in total. The highest BCUT2D eigenvalue weighted by Gasteiger charge is 2.66. The Hall–Kier alpha value is -3.45. The van der Waals surface area contributed by atoms with Gasteiger partial charge in [-0.25, -0.2) is 9.59 Å². The Morgan fingerprint density at radius 3 is 2.60 bits per heavy atom. The van der Waals surface area contributed by atoms with Crippen LogP contribution in [0.4, 0.5) is 10.5 Å². The highest BCUT2D eigenvalue weighted by Crippen LogP contribution is 2.49. The molecular formula is C35H48ClN3O9. The maximum atomic E-state index is 14.4. The van der Waals surface area contributed by atoms with Crippen LogP contribution in [-0.2, 0) is 39.8 Å². The SMILES string of the molecule is CCCC(=O)N(C)C(C)C(=O)OC1C(=O)N(C)c2cc(cc(C)c2Cl)C/C(C)=C/C=C/C(OC)C2(O)CC(OC(=O)N2)C(C)C2OC12C. The van der Waals surface area contributed by atoms with Gasteiger partial charge < -0.3 is 33.9 Å². The number of esters is 1. The van der Waals surface area contributed by atoms with Gasteiger partial charge in [-0.05, 0) is 57.7 Å². The number of aliphatic hydroxyl groups is 1. The number of alkyl carbamates (subject to hydrolysis) is 1. The third-order valence-electron chi connectivity index (χ3n) is 9.66. The summed E-state index contributed by atoms with van der Waals surface area (Å²) in [6.45, 7) is 10.6. The standard InChI is InChI=1S/C35H48ClN3O9/c1-10-12-27(40)38(7)22(5)32(42)47-30-31(41)39(8)24-17-23(16-20(3)28(24)36)15-19(2)13-11-14-26(45-9)35(44)18-25(46-33(43)37-35)21(4)29-34(30,6)48-29/h11,13-14,16-17,21-22,25-26,29-30,44H,10,12,15,18H2,1-9H3,(H,37,43)/b14-11+,19-13+. The first kappa shape index (κ1) is 37.4. The fourth-order valence-electron chi connectivity index (χ4n) is 6.49. The van der Waals surface area contributed by atoms with E-state index in [9.17, 15) is 24.3 Å². The largest absolute Gasteiger partial charge is 0.447 e. The van der Waals surface area contributed by atoms with Crippen molar-refractivity contribution >= 4 is 41.2 Å². The number of amides is 3. The summed E-state index contributed by atoms with van der Waals surface area (Å²) in [7, 11) is 4.51. The van der Waals surface area contributed by atoms with Gasteiger partial charge in [0.1, 0.15) is 23.9 Å². The van der Waals surface area contributed by atoms with E-state index < -0.39 is 65.7 Å². The van der Waals surface area contributed by atoms with Crippen molar-refractivity contribution in [3.63, 3.8) is 0 Å². The van der Waals surface area contributed by atoms with E-state index in [0.717, 1.165) is 16.7 Å². The van der Waals surface area contributed by atoms with Crippen LogP contribution in [0, 0.1) is 12.8 Å². The Labute approximate surface area is 287 Å². The van der Waals surface area contributed by atoms with E-state index in [2.05, 4.69) is 5.32 Å². The van der Waals surface area contributed by atoms with Crippen LogP contribution < -0.4 is 10.2 Å². The molecule has 2 saturated heterocycles. The molecule has 0 spiro atoms. The Kier molecular flexibility index (Phi) is 11.3. The average molecular weight is 690 g/mol. The molecule has 1 aromatic rings. The maximum Gasteiger partial charge on any atom is 0.409 e. The van der Waals surface area contributed by atoms with Crippen LogP contribution in [0.5, 0.6) is 0 Å². The van der Waals surface area contributed by atoms with Crippen molar-refractivity contribution in [2.75, 3.05) is 26.1 Å². The highest BCUT2D eigenvalue weighted by atomic mass is 35.5. The number of rotatable bonds is 6. The van der Waals surface area contributed by atoms with Gasteiger partial charge >= 0.3 is 12.1 Å². The van der Waals surface area contributed by atoms with Gasteiger partial charge in [-0.1, -0.05) is 55.3 Å². The lowest BCUT2D eigenvalue weighted by molar-refractivity contribution is -0.165. The van der Waals surface area contributed by atoms with Gasteiger partial charge in [0, 0.05) is 40.0 Å². The van der Waals surface area contributed by atoms with Gasteiger partial charge in [0.05, 0.1) is 16.8 Å². The third-order valence-corrected chi connectivity index (χ3v) is 10.2. The lowest BCUT2D eigenvalue weighted by Crippen LogP contribution is -2.63. The van der Waals surface area contributed by atoms with Crippen LogP contribution in [0.25, 0.3) is 0 Å². The molecule has 13 heteroatoms. The van der Waals surface area contributed by atoms with Crippen molar-refractivity contribution in [1.29, 1.82) is 0 Å². The number of ether oxygens (including phenoxy) is 4. The maximum absolute atomic E-state index is 14.4. The Bertz CT molecular complexity index is 1500. The summed E-state index contributed by atoms with van der Waals surface area (Å²) in [5.74, 6) is -2.17. The van der Waals surface area contributed by atoms with Crippen LogP contribution in [0.2, 0.25) is 5.02 Å². The summed E-state index contributed by atoms with van der Waals surface area (Å²) in [5.41, 5.74) is -0.143. The zero-order chi connectivity index (χ0) is 35.7. The molecule has 8 atom stereocenters. The Morgan fingerprint density at radius 2 is 1.96 bits per heavy atom. The minimum atomic E-state index is -1.81. The summed E-state index contributed by atoms with van der Waals surface area (Å²) >= 11 is 6.77. The first-order valence-corrected chi connectivity index (χ1v) is 16.6. The molecule has 4 rings (SSSR count). The number of nitrogens with zero attached hydrogens (tertiary/aromatic N) is 2. The molecule has 3 amide bonds. The molecule has 3 heterocycles. The van der Waals surface area contributed by atoms with Crippen molar-refractivity contribution in [3.8, 4) is 0 Å². The Balaban J connectivity index is 1.80. The second-order valence-electron chi connectivity index (χ2n) is 13.4. The van der Waals surface area contributed by atoms with E-state index in [0.29, 0.717) is 23.6 Å². The van der Waals surface area contributed by atoms with Crippen LogP contribution in [-0.4, -0.2) is 96.9 Å². The normalized spacial score (nSPS) is 33.0. The van der Waals surface area contributed by atoms with E-state index in [1.54, 1.807) is 33.0 Å². The minimum absolute atomic E-state index is 0.0550. The van der Waals surface area contributed by atoms with Crippen molar-refractivity contribution < 1.29 is 43.2 Å². The summed E-state index contributed by atoms with van der Waals surface area (Å²) in [6, 6.07) is 2.77. The minimum Gasteiger partial charge on any atom is -0.447 e. The molecule has 0 aromatic heterocycles. The van der Waals surface area contributed by atoms with Gasteiger partial charge in [0.15, 0.2) is 5.72 Å². The average Bonchev–Trinajstić information content (AvgIpc) is 3.72. The van der Waals surface area contributed by atoms with Crippen LogP contribution in [0.3, 0.4) is 0 Å². The molecule has 48 heavy (non-hydrogen) atoms. The third kappa shape index (κ3) is 7.56. The topological polar surface area (TPSA) is 147 Å². The molecule has 3 aliphatic rings. The van der Waals surface area contributed by atoms with Crippen molar-refractivity contribution in [3.05, 3.63) is 52.1 Å². The number of carbonyl (C=O) groups is 4. The molecule has 4 bridgehead atoms. The number of methoxy groups -OCH3 is 1.